The average molecular weight is 255 g/mol. The lowest BCUT2D eigenvalue weighted by molar-refractivity contribution is 0.0474. The fourth-order valence-electron chi connectivity index (χ4n) is 2.06. The Kier molecular flexibility index (Phi) is 3.54. The van der Waals surface area contributed by atoms with Gasteiger partial charge < -0.3 is 15.7 Å². The zero-order valence-electron chi connectivity index (χ0n) is 9.40. The van der Waals surface area contributed by atoms with Crippen molar-refractivity contribution in [3.8, 4) is 0 Å². The fraction of sp³-hybridized carbons (Fsp3) is 0.417. The Morgan fingerprint density at radius 2 is 2.24 bits per heavy atom. The zero-order chi connectivity index (χ0) is 12.4. The molecule has 0 radical (unpaired) electrons. The molecule has 3 N–H and O–H groups in total. The summed E-state index contributed by atoms with van der Waals surface area (Å²) < 4.78 is 0. The number of hydrogen-bond donors (Lipinski definition) is 2. The molecule has 17 heavy (non-hydrogen) atoms. The normalized spacial score (nSPS) is 20.4. The number of carbonyl (C=O) groups excluding carboxylic acids is 1. The van der Waals surface area contributed by atoms with Crippen LogP contribution in [-0.4, -0.2) is 35.1 Å². The number of likely N-dealkylation sites (tertiary alicyclic amines) is 1. The van der Waals surface area contributed by atoms with Gasteiger partial charge in [-0.25, -0.2) is 0 Å². The van der Waals surface area contributed by atoms with Gasteiger partial charge in [0.25, 0.3) is 5.91 Å². The van der Waals surface area contributed by atoms with Crippen molar-refractivity contribution in [2.75, 3.05) is 18.8 Å². The number of rotatable bonds is 1. The fourth-order valence-corrected chi connectivity index (χ4v) is 2.30. The van der Waals surface area contributed by atoms with Gasteiger partial charge in [-0.2, -0.15) is 0 Å². The summed E-state index contributed by atoms with van der Waals surface area (Å²) in [5.74, 6) is -0.127. The van der Waals surface area contributed by atoms with E-state index in [2.05, 4.69) is 0 Å². The predicted octanol–water partition coefficient (Wildman–Crippen LogP) is 1.52. The van der Waals surface area contributed by atoms with Crippen molar-refractivity contribution in [3.63, 3.8) is 0 Å². The molecular formula is C12H15ClN2O2. The number of hydrogen-bond acceptors (Lipinski definition) is 3. The molecule has 1 unspecified atom stereocenters. The summed E-state index contributed by atoms with van der Waals surface area (Å²) in [6, 6.07) is 4.81. The highest BCUT2D eigenvalue weighted by molar-refractivity contribution is 6.31. The first kappa shape index (κ1) is 12.2. The minimum absolute atomic E-state index is 0.127. The summed E-state index contributed by atoms with van der Waals surface area (Å²) in [5.41, 5.74) is 6.60. The summed E-state index contributed by atoms with van der Waals surface area (Å²) in [6.07, 6.45) is 1.15. The number of piperidine rings is 1. The van der Waals surface area contributed by atoms with E-state index in [1.807, 2.05) is 0 Å². The molecule has 0 aliphatic carbocycles. The van der Waals surface area contributed by atoms with Gasteiger partial charge in [0.2, 0.25) is 0 Å². The highest BCUT2D eigenvalue weighted by Gasteiger charge is 2.23. The molecule has 5 heteroatoms. The van der Waals surface area contributed by atoms with Gasteiger partial charge in [0.1, 0.15) is 0 Å². The SMILES string of the molecule is Nc1cc(Cl)cc(C(=O)N2CCCC(O)C2)c1. The van der Waals surface area contributed by atoms with Crippen LogP contribution in [0, 0.1) is 0 Å². The first-order valence-electron chi connectivity index (χ1n) is 5.59. The summed E-state index contributed by atoms with van der Waals surface area (Å²) in [5, 5.41) is 9.99. The van der Waals surface area contributed by atoms with E-state index in [1.54, 1.807) is 23.1 Å². The van der Waals surface area contributed by atoms with Crippen LogP contribution >= 0.6 is 11.6 Å². The lowest BCUT2D eigenvalue weighted by Gasteiger charge is -2.30. The predicted molar refractivity (Wildman–Crippen MR) is 67.0 cm³/mol. The Morgan fingerprint density at radius 3 is 2.88 bits per heavy atom. The van der Waals surface area contributed by atoms with Crippen LogP contribution in [0.2, 0.25) is 5.02 Å². The Morgan fingerprint density at radius 1 is 1.47 bits per heavy atom. The maximum atomic E-state index is 12.2. The number of benzene rings is 1. The largest absolute Gasteiger partial charge is 0.399 e. The number of aliphatic hydroxyl groups is 1. The van der Waals surface area contributed by atoms with Crippen LogP contribution in [0.4, 0.5) is 5.69 Å². The Bertz CT molecular complexity index is 416. The standard InChI is InChI=1S/C12H15ClN2O2/c13-9-4-8(5-10(14)6-9)12(17)15-3-1-2-11(16)7-15/h4-6,11,16H,1-3,7,14H2. The van der Waals surface area contributed by atoms with Gasteiger partial charge in [-0.1, -0.05) is 11.6 Å². The van der Waals surface area contributed by atoms with Crippen LogP contribution in [0.15, 0.2) is 18.2 Å². The van der Waals surface area contributed by atoms with Crippen LogP contribution in [0.3, 0.4) is 0 Å². The van der Waals surface area contributed by atoms with Gasteiger partial charge in [-0.3, -0.25) is 4.79 Å². The molecule has 1 aliphatic heterocycles. The third kappa shape index (κ3) is 2.90. The summed E-state index contributed by atoms with van der Waals surface area (Å²) in [7, 11) is 0. The molecule has 1 heterocycles. The molecule has 92 valence electrons. The molecular weight excluding hydrogens is 240 g/mol. The maximum Gasteiger partial charge on any atom is 0.254 e. The Balaban J connectivity index is 2.18. The van der Waals surface area contributed by atoms with Gasteiger partial charge in [0.05, 0.1) is 6.10 Å². The second kappa shape index (κ2) is 4.94. The molecule has 1 amide bonds. The van der Waals surface area contributed by atoms with Crippen molar-refractivity contribution in [2.24, 2.45) is 0 Å². The van der Waals surface area contributed by atoms with E-state index in [0.717, 1.165) is 12.8 Å². The quantitative estimate of drug-likeness (QED) is 0.747. The van der Waals surface area contributed by atoms with Crippen LogP contribution in [0.1, 0.15) is 23.2 Å². The molecule has 4 nitrogen and oxygen atoms in total. The molecule has 1 fully saturated rings. The van der Waals surface area contributed by atoms with E-state index in [1.165, 1.54) is 0 Å². The Labute approximate surface area is 105 Å². The van der Waals surface area contributed by atoms with Crippen LogP contribution in [0.25, 0.3) is 0 Å². The Hall–Kier alpha value is -1.26. The van der Waals surface area contributed by atoms with Crippen molar-refractivity contribution >= 4 is 23.2 Å². The van der Waals surface area contributed by atoms with E-state index in [4.69, 9.17) is 17.3 Å². The van der Waals surface area contributed by atoms with Crippen molar-refractivity contribution in [2.45, 2.75) is 18.9 Å². The van der Waals surface area contributed by atoms with Gasteiger partial charge in [-0.05, 0) is 31.0 Å². The van der Waals surface area contributed by atoms with E-state index in [0.29, 0.717) is 29.4 Å². The van der Waals surface area contributed by atoms with Crippen molar-refractivity contribution in [3.05, 3.63) is 28.8 Å². The van der Waals surface area contributed by atoms with Crippen LogP contribution in [-0.2, 0) is 0 Å². The minimum atomic E-state index is -0.427. The van der Waals surface area contributed by atoms with Gasteiger partial charge in [0.15, 0.2) is 0 Å². The molecule has 1 aromatic carbocycles. The monoisotopic (exact) mass is 254 g/mol. The number of β-amino-alcohol motifs (C(OH)–C–C–N with tert-alkyl or cyclic N) is 1. The molecule has 1 atom stereocenters. The molecule has 1 aromatic rings. The number of halogens is 1. The zero-order valence-corrected chi connectivity index (χ0v) is 10.2. The maximum absolute atomic E-state index is 12.2. The second-order valence-corrected chi connectivity index (χ2v) is 4.76. The van der Waals surface area contributed by atoms with Crippen molar-refractivity contribution in [1.82, 2.24) is 4.90 Å². The van der Waals surface area contributed by atoms with E-state index in [9.17, 15) is 9.90 Å². The molecule has 0 aromatic heterocycles. The average Bonchev–Trinajstić information content (AvgIpc) is 2.26. The number of amides is 1. The molecule has 1 saturated heterocycles. The number of carbonyl (C=O) groups is 1. The number of nitrogens with zero attached hydrogens (tertiary/aromatic N) is 1. The number of anilines is 1. The highest BCUT2D eigenvalue weighted by atomic mass is 35.5. The lowest BCUT2D eigenvalue weighted by Crippen LogP contribution is -2.42. The summed E-state index contributed by atoms with van der Waals surface area (Å²) in [6.45, 7) is 1.05. The third-order valence-corrected chi connectivity index (χ3v) is 3.07. The first-order valence-corrected chi connectivity index (χ1v) is 5.97. The van der Waals surface area contributed by atoms with Gasteiger partial charge >= 0.3 is 0 Å². The van der Waals surface area contributed by atoms with Gasteiger partial charge in [-0.15, -0.1) is 0 Å². The van der Waals surface area contributed by atoms with E-state index < -0.39 is 6.10 Å². The van der Waals surface area contributed by atoms with Gasteiger partial charge in [0, 0.05) is 29.4 Å². The van der Waals surface area contributed by atoms with Crippen molar-refractivity contribution < 1.29 is 9.90 Å². The van der Waals surface area contributed by atoms with E-state index >= 15 is 0 Å². The molecule has 0 bridgehead atoms. The first-order chi connectivity index (χ1) is 8.06. The van der Waals surface area contributed by atoms with E-state index in [-0.39, 0.29) is 5.91 Å². The number of nitrogen functional groups attached to an aromatic ring is 1. The highest BCUT2D eigenvalue weighted by Crippen LogP contribution is 2.20. The molecule has 1 aliphatic rings. The lowest BCUT2D eigenvalue weighted by atomic mass is 10.1. The second-order valence-electron chi connectivity index (χ2n) is 4.32. The number of nitrogens with two attached hydrogens (primary N) is 1. The third-order valence-electron chi connectivity index (χ3n) is 2.85. The number of aliphatic hydroxyl groups excluding tert-OH is 1. The smallest absolute Gasteiger partial charge is 0.254 e. The van der Waals surface area contributed by atoms with Crippen LogP contribution in [0.5, 0.6) is 0 Å². The molecule has 2 rings (SSSR count). The summed E-state index contributed by atoms with van der Waals surface area (Å²) >= 11 is 5.86. The minimum Gasteiger partial charge on any atom is -0.399 e. The van der Waals surface area contributed by atoms with Crippen LogP contribution < -0.4 is 5.73 Å². The van der Waals surface area contributed by atoms with Crippen molar-refractivity contribution in [1.29, 1.82) is 0 Å². The summed E-state index contributed by atoms with van der Waals surface area (Å²) in [4.78, 5) is 13.8. The molecule has 0 spiro atoms. The molecule has 0 saturated carbocycles. The topological polar surface area (TPSA) is 66.6 Å².